The van der Waals surface area contributed by atoms with E-state index >= 15 is 0 Å². The molecule has 1 aliphatic heterocycles. The summed E-state index contributed by atoms with van der Waals surface area (Å²) in [5.41, 5.74) is 9.43. The van der Waals surface area contributed by atoms with Gasteiger partial charge in [-0.3, -0.25) is 4.90 Å². The Bertz CT molecular complexity index is 415. The zero-order chi connectivity index (χ0) is 13.1. The second-order valence-corrected chi connectivity index (χ2v) is 6.32. The Kier molecular flexibility index (Phi) is 4.19. The van der Waals surface area contributed by atoms with Crippen molar-refractivity contribution in [1.82, 2.24) is 4.90 Å². The summed E-state index contributed by atoms with van der Waals surface area (Å²) >= 11 is 0. The fourth-order valence-electron chi connectivity index (χ4n) is 3.68. The number of fused-ring (bicyclic) bond motifs is 1. The summed E-state index contributed by atoms with van der Waals surface area (Å²) in [6.07, 6.45) is 7.86. The van der Waals surface area contributed by atoms with Crippen molar-refractivity contribution in [3.05, 3.63) is 35.4 Å². The lowest BCUT2D eigenvalue weighted by atomic mass is 9.93. The standard InChI is InChI=1S/C17H26N2/c18-17-9-3-1-2-8-16(17)13-19-11-10-14-6-4-5-7-15(14)12-19/h4-7,16-17H,1-3,8-13,18H2. The van der Waals surface area contributed by atoms with Gasteiger partial charge in [-0.25, -0.2) is 0 Å². The minimum atomic E-state index is 0.430. The SMILES string of the molecule is NC1CCCCCC1CN1CCc2ccccc2C1. The van der Waals surface area contributed by atoms with Crippen molar-refractivity contribution in [1.29, 1.82) is 0 Å². The molecule has 19 heavy (non-hydrogen) atoms. The molecule has 0 saturated heterocycles. The number of hydrogen-bond donors (Lipinski definition) is 1. The van der Waals surface area contributed by atoms with Gasteiger partial charge in [0.25, 0.3) is 0 Å². The number of benzene rings is 1. The highest BCUT2D eigenvalue weighted by Gasteiger charge is 2.24. The van der Waals surface area contributed by atoms with Gasteiger partial charge in [-0.2, -0.15) is 0 Å². The molecule has 3 rings (SSSR count). The summed E-state index contributed by atoms with van der Waals surface area (Å²) < 4.78 is 0. The minimum absolute atomic E-state index is 0.430. The largest absolute Gasteiger partial charge is 0.327 e. The first-order valence-electron chi connectivity index (χ1n) is 7.87. The molecule has 0 radical (unpaired) electrons. The van der Waals surface area contributed by atoms with Crippen molar-refractivity contribution in [2.45, 2.75) is 51.1 Å². The van der Waals surface area contributed by atoms with Crippen LogP contribution in [0.5, 0.6) is 0 Å². The first-order chi connectivity index (χ1) is 9.33. The van der Waals surface area contributed by atoms with E-state index < -0.39 is 0 Å². The maximum atomic E-state index is 6.36. The molecule has 2 aliphatic rings. The molecule has 2 nitrogen and oxygen atoms in total. The van der Waals surface area contributed by atoms with E-state index in [1.165, 1.54) is 57.2 Å². The second-order valence-electron chi connectivity index (χ2n) is 6.32. The van der Waals surface area contributed by atoms with E-state index in [0.29, 0.717) is 12.0 Å². The molecule has 1 fully saturated rings. The predicted octanol–water partition coefficient (Wildman–Crippen LogP) is 2.95. The maximum Gasteiger partial charge on any atom is 0.0236 e. The Morgan fingerprint density at radius 2 is 1.84 bits per heavy atom. The van der Waals surface area contributed by atoms with E-state index in [2.05, 4.69) is 29.2 Å². The number of hydrogen-bond acceptors (Lipinski definition) is 2. The molecule has 0 aromatic heterocycles. The molecule has 1 aromatic rings. The Labute approximate surface area is 117 Å². The monoisotopic (exact) mass is 258 g/mol. The van der Waals surface area contributed by atoms with Crippen LogP contribution < -0.4 is 5.73 Å². The topological polar surface area (TPSA) is 29.3 Å². The van der Waals surface area contributed by atoms with Crippen LogP contribution in [0.15, 0.2) is 24.3 Å². The highest BCUT2D eigenvalue weighted by Crippen LogP contribution is 2.25. The van der Waals surface area contributed by atoms with Gasteiger partial charge in [0, 0.05) is 25.7 Å². The van der Waals surface area contributed by atoms with E-state index in [9.17, 15) is 0 Å². The van der Waals surface area contributed by atoms with Crippen LogP contribution in [0.25, 0.3) is 0 Å². The van der Waals surface area contributed by atoms with Crippen LogP contribution in [0.3, 0.4) is 0 Å². The summed E-state index contributed by atoms with van der Waals surface area (Å²) in [6.45, 7) is 3.54. The van der Waals surface area contributed by atoms with E-state index in [0.717, 1.165) is 6.54 Å². The number of nitrogens with zero attached hydrogens (tertiary/aromatic N) is 1. The molecule has 1 aliphatic carbocycles. The first-order valence-corrected chi connectivity index (χ1v) is 7.87. The molecular formula is C17H26N2. The van der Waals surface area contributed by atoms with Crippen LogP contribution in [0.4, 0.5) is 0 Å². The van der Waals surface area contributed by atoms with Crippen molar-refractivity contribution in [3.63, 3.8) is 0 Å². The predicted molar refractivity (Wildman–Crippen MR) is 80.0 cm³/mol. The third-order valence-electron chi connectivity index (χ3n) is 4.92. The van der Waals surface area contributed by atoms with Crippen molar-refractivity contribution in [3.8, 4) is 0 Å². The molecule has 2 atom stereocenters. The van der Waals surface area contributed by atoms with Gasteiger partial charge in [-0.15, -0.1) is 0 Å². The zero-order valence-corrected chi connectivity index (χ0v) is 11.9. The average Bonchev–Trinajstić information content (AvgIpc) is 2.64. The van der Waals surface area contributed by atoms with E-state index in [1.807, 2.05) is 0 Å². The fourth-order valence-corrected chi connectivity index (χ4v) is 3.68. The Morgan fingerprint density at radius 3 is 2.74 bits per heavy atom. The maximum absolute atomic E-state index is 6.36. The molecular weight excluding hydrogens is 232 g/mol. The zero-order valence-electron chi connectivity index (χ0n) is 11.9. The minimum Gasteiger partial charge on any atom is -0.327 e. The lowest BCUT2D eigenvalue weighted by Gasteiger charge is -2.33. The quantitative estimate of drug-likeness (QED) is 0.826. The molecule has 2 unspecified atom stereocenters. The van der Waals surface area contributed by atoms with E-state index in [4.69, 9.17) is 5.73 Å². The van der Waals surface area contributed by atoms with Gasteiger partial charge in [0.05, 0.1) is 0 Å². The number of nitrogens with two attached hydrogens (primary N) is 1. The Hall–Kier alpha value is -0.860. The van der Waals surface area contributed by atoms with Gasteiger partial charge < -0.3 is 5.73 Å². The molecule has 1 aromatic carbocycles. The lowest BCUT2D eigenvalue weighted by molar-refractivity contribution is 0.192. The second kappa shape index (κ2) is 6.06. The van der Waals surface area contributed by atoms with Crippen LogP contribution in [0, 0.1) is 5.92 Å². The van der Waals surface area contributed by atoms with E-state index in [-0.39, 0.29) is 0 Å². The molecule has 104 valence electrons. The third-order valence-corrected chi connectivity index (χ3v) is 4.92. The van der Waals surface area contributed by atoms with Crippen LogP contribution in [-0.4, -0.2) is 24.0 Å². The van der Waals surface area contributed by atoms with Crippen molar-refractivity contribution < 1.29 is 0 Å². The van der Waals surface area contributed by atoms with Crippen molar-refractivity contribution in [2.24, 2.45) is 11.7 Å². The molecule has 2 N–H and O–H groups in total. The summed E-state index contributed by atoms with van der Waals surface area (Å²) in [7, 11) is 0. The van der Waals surface area contributed by atoms with Gasteiger partial charge in [0.2, 0.25) is 0 Å². The highest BCUT2D eigenvalue weighted by atomic mass is 15.1. The van der Waals surface area contributed by atoms with Gasteiger partial charge >= 0.3 is 0 Å². The fraction of sp³-hybridized carbons (Fsp3) is 0.647. The van der Waals surface area contributed by atoms with Gasteiger partial charge in [0.1, 0.15) is 0 Å². The molecule has 0 amide bonds. The Balaban J connectivity index is 1.62. The van der Waals surface area contributed by atoms with Crippen LogP contribution in [0.2, 0.25) is 0 Å². The first kappa shape index (κ1) is 13.1. The normalized spacial score (nSPS) is 28.7. The van der Waals surface area contributed by atoms with Crippen molar-refractivity contribution in [2.75, 3.05) is 13.1 Å². The van der Waals surface area contributed by atoms with Gasteiger partial charge in [-0.1, -0.05) is 43.5 Å². The third kappa shape index (κ3) is 3.18. The summed E-state index contributed by atoms with van der Waals surface area (Å²) in [6, 6.07) is 9.33. The molecule has 1 saturated carbocycles. The van der Waals surface area contributed by atoms with Crippen molar-refractivity contribution >= 4 is 0 Å². The molecule has 1 heterocycles. The Morgan fingerprint density at radius 1 is 1.05 bits per heavy atom. The van der Waals surface area contributed by atoms with E-state index in [1.54, 1.807) is 5.56 Å². The molecule has 0 spiro atoms. The smallest absolute Gasteiger partial charge is 0.0236 e. The summed E-state index contributed by atoms with van der Waals surface area (Å²) in [5.74, 6) is 0.716. The summed E-state index contributed by atoms with van der Waals surface area (Å²) in [5, 5.41) is 0. The molecule has 0 bridgehead atoms. The van der Waals surface area contributed by atoms with Crippen LogP contribution >= 0.6 is 0 Å². The van der Waals surface area contributed by atoms with Gasteiger partial charge in [0.15, 0.2) is 0 Å². The lowest BCUT2D eigenvalue weighted by Crippen LogP contribution is -2.40. The van der Waals surface area contributed by atoms with Crippen LogP contribution in [-0.2, 0) is 13.0 Å². The highest BCUT2D eigenvalue weighted by molar-refractivity contribution is 5.29. The average molecular weight is 258 g/mol. The van der Waals surface area contributed by atoms with Crippen LogP contribution in [0.1, 0.15) is 43.2 Å². The molecule has 2 heteroatoms. The number of rotatable bonds is 2. The van der Waals surface area contributed by atoms with Gasteiger partial charge in [-0.05, 0) is 36.3 Å². The summed E-state index contributed by atoms with van der Waals surface area (Å²) in [4.78, 5) is 2.62.